The monoisotopic (exact) mass is 234 g/mol. The highest BCUT2D eigenvalue weighted by molar-refractivity contribution is 5.34. The maximum atomic E-state index is 10.7. The van der Waals surface area contributed by atoms with E-state index in [1.54, 1.807) is 12.1 Å². The third-order valence-corrected chi connectivity index (χ3v) is 3.80. The lowest BCUT2D eigenvalue weighted by atomic mass is 9.80. The first-order valence-corrected chi connectivity index (χ1v) is 6.09. The molecule has 1 aromatic carbocycles. The second-order valence-electron chi connectivity index (χ2n) is 5.02. The average Bonchev–Trinajstić information content (AvgIpc) is 2.78. The van der Waals surface area contributed by atoms with E-state index in [1.165, 1.54) is 18.9 Å². The molecule has 0 radical (unpaired) electrons. The van der Waals surface area contributed by atoms with Gasteiger partial charge in [-0.2, -0.15) is 0 Å². The van der Waals surface area contributed by atoms with E-state index >= 15 is 0 Å². The minimum Gasteiger partial charge on any atom is -0.330 e. The molecular weight excluding hydrogens is 216 g/mol. The van der Waals surface area contributed by atoms with Crippen molar-refractivity contribution in [3.05, 3.63) is 39.9 Å². The molecule has 4 heteroatoms. The van der Waals surface area contributed by atoms with E-state index < -0.39 is 0 Å². The van der Waals surface area contributed by atoms with Crippen LogP contribution in [-0.2, 0) is 6.42 Å². The summed E-state index contributed by atoms with van der Waals surface area (Å²) in [6.07, 6.45) is 5.61. The fourth-order valence-corrected chi connectivity index (χ4v) is 2.79. The van der Waals surface area contributed by atoms with Crippen molar-refractivity contribution in [3.63, 3.8) is 0 Å². The van der Waals surface area contributed by atoms with Crippen molar-refractivity contribution in [1.82, 2.24) is 0 Å². The number of hydrogen-bond donors (Lipinski definition) is 1. The van der Waals surface area contributed by atoms with Crippen LogP contribution in [-0.4, -0.2) is 11.5 Å². The second-order valence-corrected chi connectivity index (χ2v) is 5.02. The third-order valence-electron chi connectivity index (χ3n) is 3.80. The summed E-state index contributed by atoms with van der Waals surface area (Å²) in [4.78, 5) is 10.4. The van der Waals surface area contributed by atoms with Gasteiger partial charge in [-0.1, -0.05) is 25.0 Å². The summed E-state index contributed by atoms with van der Waals surface area (Å²) in [6.45, 7) is 0.676. The molecule has 0 aromatic heterocycles. The molecule has 92 valence electrons. The molecule has 1 aliphatic rings. The van der Waals surface area contributed by atoms with Crippen LogP contribution in [0.1, 0.15) is 31.2 Å². The number of nitro benzene ring substituents is 1. The predicted molar refractivity (Wildman–Crippen MR) is 66.8 cm³/mol. The first-order chi connectivity index (χ1) is 8.15. The van der Waals surface area contributed by atoms with Gasteiger partial charge < -0.3 is 5.73 Å². The molecule has 4 nitrogen and oxygen atoms in total. The van der Waals surface area contributed by atoms with Crippen LogP contribution in [0.4, 0.5) is 5.69 Å². The fraction of sp³-hybridized carbons (Fsp3) is 0.538. The number of hydrogen-bond acceptors (Lipinski definition) is 3. The molecule has 0 heterocycles. The maximum absolute atomic E-state index is 10.7. The zero-order chi connectivity index (χ0) is 12.3. The Morgan fingerprint density at radius 3 is 2.65 bits per heavy atom. The lowest BCUT2D eigenvalue weighted by molar-refractivity contribution is -0.384. The van der Waals surface area contributed by atoms with Gasteiger partial charge in [-0.15, -0.1) is 0 Å². The zero-order valence-corrected chi connectivity index (χ0v) is 9.89. The molecule has 1 aliphatic carbocycles. The molecule has 1 saturated carbocycles. The fourth-order valence-electron chi connectivity index (χ4n) is 2.79. The van der Waals surface area contributed by atoms with Gasteiger partial charge in [0.05, 0.1) is 4.92 Å². The van der Waals surface area contributed by atoms with Crippen molar-refractivity contribution < 1.29 is 4.92 Å². The highest BCUT2D eigenvalue weighted by Crippen LogP contribution is 2.40. The molecule has 17 heavy (non-hydrogen) atoms. The summed E-state index contributed by atoms with van der Waals surface area (Å²) in [5.41, 5.74) is 7.26. The largest absolute Gasteiger partial charge is 0.330 e. The lowest BCUT2D eigenvalue weighted by Gasteiger charge is -2.27. The number of non-ortho nitro benzene ring substituents is 1. The van der Waals surface area contributed by atoms with Gasteiger partial charge in [0, 0.05) is 12.1 Å². The van der Waals surface area contributed by atoms with E-state index in [1.807, 2.05) is 6.07 Å². The van der Waals surface area contributed by atoms with Crippen LogP contribution in [0.3, 0.4) is 0 Å². The predicted octanol–water partition coefficient (Wildman–Crippen LogP) is 2.66. The summed E-state index contributed by atoms with van der Waals surface area (Å²) in [7, 11) is 0. The summed E-state index contributed by atoms with van der Waals surface area (Å²) in [5.74, 6) is 0. The molecule has 0 atom stereocenters. The van der Waals surface area contributed by atoms with Crippen molar-refractivity contribution in [2.24, 2.45) is 11.1 Å². The van der Waals surface area contributed by atoms with Crippen LogP contribution in [0.2, 0.25) is 0 Å². The lowest BCUT2D eigenvalue weighted by Crippen LogP contribution is -2.29. The third kappa shape index (κ3) is 2.64. The van der Waals surface area contributed by atoms with Crippen LogP contribution >= 0.6 is 0 Å². The Kier molecular flexibility index (Phi) is 3.43. The quantitative estimate of drug-likeness (QED) is 0.643. The standard InChI is InChI=1S/C13H18N2O2/c14-10-13(6-1-2-7-13)9-11-4-3-5-12(8-11)15(16)17/h3-5,8H,1-2,6-7,9-10,14H2. The highest BCUT2D eigenvalue weighted by atomic mass is 16.6. The Hall–Kier alpha value is -1.42. The minimum absolute atomic E-state index is 0.174. The van der Waals surface area contributed by atoms with Crippen LogP contribution in [0.25, 0.3) is 0 Å². The summed E-state index contributed by atoms with van der Waals surface area (Å²) < 4.78 is 0. The van der Waals surface area contributed by atoms with Crippen LogP contribution in [0, 0.1) is 15.5 Å². The first-order valence-electron chi connectivity index (χ1n) is 6.09. The van der Waals surface area contributed by atoms with Crippen molar-refractivity contribution in [1.29, 1.82) is 0 Å². The topological polar surface area (TPSA) is 69.2 Å². The van der Waals surface area contributed by atoms with Gasteiger partial charge in [-0.25, -0.2) is 0 Å². The SMILES string of the molecule is NCC1(Cc2cccc([N+](=O)[O-])c2)CCCC1. The van der Waals surface area contributed by atoms with Crippen molar-refractivity contribution in [2.75, 3.05) is 6.54 Å². The number of nitrogens with zero attached hydrogens (tertiary/aromatic N) is 1. The Morgan fingerprint density at radius 1 is 1.35 bits per heavy atom. The van der Waals surface area contributed by atoms with Crippen LogP contribution in [0.15, 0.2) is 24.3 Å². The maximum Gasteiger partial charge on any atom is 0.269 e. The van der Waals surface area contributed by atoms with Crippen LogP contribution in [0.5, 0.6) is 0 Å². The van der Waals surface area contributed by atoms with E-state index in [4.69, 9.17) is 5.73 Å². The molecule has 0 spiro atoms. The second kappa shape index (κ2) is 4.84. The molecule has 2 rings (SSSR count). The average molecular weight is 234 g/mol. The van der Waals surface area contributed by atoms with Gasteiger partial charge in [-0.05, 0) is 36.8 Å². The number of nitro groups is 1. The summed E-state index contributed by atoms with van der Waals surface area (Å²) >= 11 is 0. The zero-order valence-electron chi connectivity index (χ0n) is 9.89. The molecule has 2 N–H and O–H groups in total. The van der Waals surface area contributed by atoms with Gasteiger partial charge in [0.1, 0.15) is 0 Å². The van der Waals surface area contributed by atoms with E-state index in [9.17, 15) is 10.1 Å². The summed E-state index contributed by atoms with van der Waals surface area (Å²) in [6, 6.07) is 6.93. The number of benzene rings is 1. The van der Waals surface area contributed by atoms with Gasteiger partial charge >= 0.3 is 0 Å². The van der Waals surface area contributed by atoms with Crippen LogP contribution < -0.4 is 5.73 Å². The molecule has 0 unspecified atom stereocenters. The smallest absolute Gasteiger partial charge is 0.269 e. The number of rotatable bonds is 4. The van der Waals surface area contributed by atoms with E-state index in [0.29, 0.717) is 6.54 Å². The number of nitrogens with two attached hydrogens (primary N) is 1. The van der Waals surface area contributed by atoms with Crippen molar-refractivity contribution in [2.45, 2.75) is 32.1 Å². The Balaban J connectivity index is 2.17. The molecule has 1 aromatic rings. The molecule has 0 aliphatic heterocycles. The Bertz CT molecular complexity index is 412. The molecule has 0 saturated heterocycles. The van der Waals surface area contributed by atoms with Gasteiger partial charge in [-0.3, -0.25) is 10.1 Å². The minimum atomic E-state index is -0.340. The normalized spacial score (nSPS) is 18.2. The molecular formula is C13H18N2O2. The van der Waals surface area contributed by atoms with Gasteiger partial charge in [0.2, 0.25) is 0 Å². The highest BCUT2D eigenvalue weighted by Gasteiger charge is 2.32. The van der Waals surface area contributed by atoms with Gasteiger partial charge in [0.25, 0.3) is 5.69 Å². The summed E-state index contributed by atoms with van der Waals surface area (Å²) in [5, 5.41) is 10.7. The molecule has 0 amide bonds. The molecule has 0 bridgehead atoms. The van der Waals surface area contributed by atoms with Crippen molar-refractivity contribution in [3.8, 4) is 0 Å². The van der Waals surface area contributed by atoms with E-state index in [2.05, 4.69) is 0 Å². The Labute approximate surface area is 101 Å². The first kappa shape index (κ1) is 12.0. The molecule has 1 fully saturated rings. The van der Waals surface area contributed by atoms with E-state index in [-0.39, 0.29) is 16.0 Å². The van der Waals surface area contributed by atoms with E-state index in [0.717, 1.165) is 24.8 Å². The van der Waals surface area contributed by atoms with Gasteiger partial charge in [0.15, 0.2) is 0 Å². The van der Waals surface area contributed by atoms with Crippen molar-refractivity contribution >= 4 is 5.69 Å². The Morgan fingerprint density at radius 2 is 2.06 bits per heavy atom.